The third-order valence-electron chi connectivity index (χ3n) is 4.79. The lowest BCUT2D eigenvalue weighted by molar-refractivity contribution is -0.141. The van der Waals surface area contributed by atoms with Gasteiger partial charge in [0.15, 0.2) is 0 Å². The molecule has 1 aromatic carbocycles. The minimum Gasteiger partial charge on any atom is -0.469 e. The van der Waals surface area contributed by atoms with Crippen LogP contribution in [-0.4, -0.2) is 45.1 Å². The summed E-state index contributed by atoms with van der Waals surface area (Å²) in [6, 6.07) is 4.80. The highest BCUT2D eigenvalue weighted by Crippen LogP contribution is 2.53. The van der Waals surface area contributed by atoms with E-state index in [0.29, 0.717) is 10.2 Å². The van der Waals surface area contributed by atoms with Crippen molar-refractivity contribution in [3.8, 4) is 0 Å². The standard InChI is InChI=1S/C19H17BrN2O8/c1-27-12(23)7-11-13(16(24)28-2)19(14(15(21)30-11)17(25)29-3)9-6-8(20)4-5-10(9)22-18(19)26/h4-6H,7,21H2,1-3H3,(H,22,26)/t19-/m0/s1. The summed E-state index contributed by atoms with van der Waals surface area (Å²) < 4.78 is 20.4. The van der Waals surface area contributed by atoms with Crippen molar-refractivity contribution in [1.82, 2.24) is 0 Å². The number of halogens is 1. The number of nitrogens with one attached hydrogen (secondary N) is 1. The fraction of sp³-hybridized carbons (Fsp3) is 0.263. The Labute approximate surface area is 179 Å². The van der Waals surface area contributed by atoms with Crippen molar-refractivity contribution >= 4 is 45.4 Å². The first-order valence-corrected chi connectivity index (χ1v) is 9.28. The molecule has 3 N–H and O–H groups in total. The summed E-state index contributed by atoms with van der Waals surface area (Å²) in [6.07, 6.45) is -0.533. The molecule has 1 spiro atoms. The molecule has 0 fully saturated rings. The molecule has 0 unspecified atom stereocenters. The van der Waals surface area contributed by atoms with Crippen LogP contribution in [0.15, 0.2) is 45.5 Å². The van der Waals surface area contributed by atoms with Crippen LogP contribution in [0, 0.1) is 0 Å². The number of carbonyl (C=O) groups is 4. The zero-order valence-corrected chi connectivity index (χ0v) is 17.7. The lowest BCUT2D eigenvalue weighted by Crippen LogP contribution is -2.48. The zero-order chi connectivity index (χ0) is 22.2. The third kappa shape index (κ3) is 3.02. The van der Waals surface area contributed by atoms with Crippen LogP contribution in [0.1, 0.15) is 12.0 Å². The number of hydrogen-bond donors (Lipinski definition) is 2. The number of anilines is 1. The lowest BCUT2D eigenvalue weighted by Gasteiger charge is -2.35. The fourth-order valence-corrected chi connectivity index (χ4v) is 3.94. The molecule has 1 aromatic rings. The Bertz CT molecular complexity index is 1040. The van der Waals surface area contributed by atoms with Gasteiger partial charge in [0.05, 0.1) is 21.3 Å². The van der Waals surface area contributed by atoms with E-state index in [0.717, 1.165) is 21.3 Å². The van der Waals surface area contributed by atoms with Gasteiger partial charge >= 0.3 is 17.9 Å². The first-order valence-electron chi connectivity index (χ1n) is 8.48. The number of hydrogen-bond acceptors (Lipinski definition) is 9. The van der Waals surface area contributed by atoms with Gasteiger partial charge in [0.25, 0.3) is 0 Å². The van der Waals surface area contributed by atoms with Crippen molar-refractivity contribution in [3.05, 3.63) is 51.0 Å². The Morgan fingerprint density at radius 2 is 1.73 bits per heavy atom. The second-order valence-corrected chi connectivity index (χ2v) is 7.19. The van der Waals surface area contributed by atoms with Gasteiger partial charge in [0.1, 0.15) is 28.7 Å². The van der Waals surface area contributed by atoms with E-state index in [1.165, 1.54) is 0 Å². The first-order chi connectivity index (χ1) is 14.2. The van der Waals surface area contributed by atoms with Gasteiger partial charge in [-0.1, -0.05) is 15.9 Å². The van der Waals surface area contributed by atoms with Crippen LogP contribution < -0.4 is 11.1 Å². The van der Waals surface area contributed by atoms with E-state index in [1.807, 2.05) is 0 Å². The Morgan fingerprint density at radius 1 is 1.10 bits per heavy atom. The molecule has 0 aromatic heterocycles. The van der Waals surface area contributed by atoms with Crippen LogP contribution in [0.4, 0.5) is 5.69 Å². The maximum absolute atomic E-state index is 13.4. The number of methoxy groups -OCH3 is 3. The number of amides is 1. The maximum Gasteiger partial charge on any atom is 0.340 e. The van der Waals surface area contributed by atoms with E-state index in [-0.39, 0.29) is 16.9 Å². The molecule has 11 heteroatoms. The Balaban J connectivity index is 2.46. The molecule has 158 valence electrons. The second kappa shape index (κ2) is 7.82. The number of nitrogens with two attached hydrogens (primary N) is 1. The second-order valence-electron chi connectivity index (χ2n) is 6.27. The minimum absolute atomic E-state index is 0.233. The van der Waals surface area contributed by atoms with Crippen molar-refractivity contribution in [2.45, 2.75) is 11.8 Å². The van der Waals surface area contributed by atoms with E-state index in [1.54, 1.807) is 18.2 Å². The number of ether oxygens (including phenoxy) is 4. The highest BCUT2D eigenvalue weighted by atomic mass is 79.9. The molecule has 2 aliphatic rings. The predicted molar refractivity (Wildman–Crippen MR) is 104 cm³/mol. The molecule has 3 rings (SSSR count). The molecule has 0 aliphatic carbocycles. The topological polar surface area (TPSA) is 143 Å². The van der Waals surface area contributed by atoms with Gasteiger partial charge in [0.2, 0.25) is 11.8 Å². The van der Waals surface area contributed by atoms with Gasteiger partial charge < -0.3 is 30.0 Å². The minimum atomic E-state index is -2.06. The van der Waals surface area contributed by atoms with Gasteiger partial charge in [-0.05, 0) is 18.2 Å². The highest BCUT2D eigenvalue weighted by molar-refractivity contribution is 9.10. The summed E-state index contributed by atoms with van der Waals surface area (Å²) >= 11 is 3.32. The van der Waals surface area contributed by atoms with Gasteiger partial charge in [-0.3, -0.25) is 9.59 Å². The van der Waals surface area contributed by atoms with E-state index in [9.17, 15) is 19.2 Å². The monoisotopic (exact) mass is 480 g/mol. The number of benzene rings is 1. The maximum atomic E-state index is 13.4. The summed E-state index contributed by atoms with van der Waals surface area (Å²) in [7, 11) is 3.33. The van der Waals surface area contributed by atoms with E-state index < -0.39 is 47.1 Å². The fourth-order valence-electron chi connectivity index (χ4n) is 3.58. The molecule has 30 heavy (non-hydrogen) atoms. The average Bonchev–Trinajstić information content (AvgIpc) is 2.98. The molecule has 1 amide bonds. The Kier molecular flexibility index (Phi) is 5.57. The largest absolute Gasteiger partial charge is 0.469 e. The normalized spacial score (nSPS) is 19.8. The van der Waals surface area contributed by atoms with Crippen LogP contribution in [-0.2, 0) is 43.5 Å². The molecular formula is C19H17BrN2O8. The number of fused-ring (bicyclic) bond motifs is 2. The quantitative estimate of drug-likeness (QED) is 0.476. The van der Waals surface area contributed by atoms with Crippen molar-refractivity contribution in [2.75, 3.05) is 26.6 Å². The van der Waals surface area contributed by atoms with Crippen molar-refractivity contribution in [1.29, 1.82) is 0 Å². The first kappa shape index (κ1) is 21.4. The van der Waals surface area contributed by atoms with Crippen LogP contribution in [0.5, 0.6) is 0 Å². The molecule has 0 saturated heterocycles. The van der Waals surface area contributed by atoms with Crippen LogP contribution in [0.25, 0.3) is 0 Å². The SMILES string of the molecule is COC(=O)CC1=C(C(=O)OC)[C@]2(C(=O)Nc3ccc(Br)cc32)C(C(=O)OC)=C(N)O1. The van der Waals surface area contributed by atoms with Crippen molar-refractivity contribution < 1.29 is 38.1 Å². The third-order valence-corrected chi connectivity index (χ3v) is 5.29. The molecule has 0 bridgehead atoms. The van der Waals surface area contributed by atoms with Crippen LogP contribution in [0.2, 0.25) is 0 Å². The molecule has 10 nitrogen and oxygen atoms in total. The summed E-state index contributed by atoms with van der Waals surface area (Å²) in [5, 5.41) is 2.64. The number of esters is 3. The van der Waals surface area contributed by atoms with E-state index >= 15 is 0 Å². The van der Waals surface area contributed by atoms with Crippen LogP contribution in [0.3, 0.4) is 0 Å². The lowest BCUT2D eigenvalue weighted by atomic mass is 9.67. The molecular weight excluding hydrogens is 464 g/mol. The Hall–Kier alpha value is -3.34. The number of rotatable bonds is 4. The predicted octanol–water partition coefficient (Wildman–Crippen LogP) is 1.00. The van der Waals surface area contributed by atoms with E-state index in [2.05, 4.69) is 26.0 Å². The van der Waals surface area contributed by atoms with Crippen LogP contribution >= 0.6 is 15.9 Å². The van der Waals surface area contributed by atoms with Gasteiger partial charge in [0, 0.05) is 15.7 Å². The van der Waals surface area contributed by atoms with Gasteiger partial charge in [-0.15, -0.1) is 0 Å². The average molecular weight is 481 g/mol. The molecule has 1 atom stereocenters. The van der Waals surface area contributed by atoms with Crippen molar-refractivity contribution in [2.24, 2.45) is 5.73 Å². The molecule has 0 saturated carbocycles. The van der Waals surface area contributed by atoms with Crippen molar-refractivity contribution in [3.63, 3.8) is 0 Å². The Morgan fingerprint density at radius 3 is 2.33 bits per heavy atom. The van der Waals surface area contributed by atoms with E-state index in [4.69, 9.17) is 19.9 Å². The smallest absolute Gasteiger partial charge is 0.340 e. The molecule has 0 radical (unpaired) electrons. The summed E-state index contributed by atoms with van der Waals surface area (Å²) in [5.74, 6) is -4.27. The summed E-state index contributed by atoms with van der Waals surface area (Å²) in [5.41, 5.74) is 3.72. The summed E-state index contributed by atoms with van der Waals surface area (Å²) in [6.45, 7) is 0. The van der Waals surface area contributed by atoms with Gasteiger partial charge in [-0.25, -0.2) is 9.59 Å². The molecule has 2 aliphatic heterocycles. The highest BCUT2D eigenvalue weighted by Gasteiger charge is 2.62. The van der Waals surface area contributed by atoms with Gasteiger partial charge in [-0.2, -0.15) is 0 Å². The number of carbonyl (C=O) groups excluding carboxylic acids is 4. The summed E-state index contributed by atoms with van der Waals surface area (Å²) in [4.78, 5) is 51.0. The molecule has 2 heterocycles. The zero-order valence-electron chi connectivity index (χ0n) is 16.2.